The van der Waals surface area contributed by atoms with Gasteiger partial charge in [0.05, 0.1) is 20.3 Å². The molecule has 1 unspecified atom stereocenters. The van der Waals surface area contributed by atoms with Crippen molar-refractivity contribution in [2.24, 2.45) is 0 Å². The molecule has 78 valence electrons. The van der Waals surface area contributed by atoms with Crippen LogP contribution in [0.1, 0.15) is 11.7 Å². The normalized spacial score (nSPS) is 12.3. The van der Waals surface area contributed by atoms with Gasteiger partial charge in [-0.05, 0) is 12.1 Å². The van der Waals surface area contributed by atoms with E-state index in [4.69, 9.17) is 9.47 Å². The Bertz CT molecular complexity index is 301. The molecule has 1 aromatic carbocycles. The summed E-state index contributed by atoms with van der Waals surface area (Å²) in [6.07, 6.45) is -0.559. The first-order valence-electron chi connectivity index (χ1n) is 4.19. The molecule has 1 aromatic rings. The Morgan fingerprint density at radius 3 is 2.57 bits per heavy atom. The van der Waals surface area contributed by atoms with Crippen LogP contribution in [0, 0.1) is 0 Å². The minimum absolute atomic E-state index is 0.482. The largest absolute Gasteiger partial charge is 0.497 e. The lowest BCUT2D eigenvalue weighted by Gasteiger charge is -2.13. The molecule has 0 aliphatic heterocycles. The first kappa shape index (κ1) is 11.3. The van der Waals surface area contributed by atoms with Gasteiger partial charge in [0, 0.05) is 17.0 Å². The molecule has 0 spiro atoms. The van der Waals surface area contributed by atoms with Crippen molar-refractivity contribution in [3.63, 3.8) is 0 Å². The van der Waals surface area contributed by atoms with Gasteiger partial charge in [0.1, 0.15) is 11.5 Å². The fraction of sp³-hybridized carbons (Fsp3) is 0.400. The van der Waals surface area contributed by atoms with E-state index in [0.29, 0.717) is 16.8 Å². The second kappa shape index (κ2) is 5.22. The fourth-order valence-electron chi connectivity index (χ4n) is 1.18. The van der Waals surface area contributed by atoms with Crippen molar-refractivity contribution in [1.29, 1.82) is 0 Å². The van der Waals surface area contributed by atoms with Gasteiger partial charge < -0.3 is 14.6 Å². The molecule has 1 rings (SSSR count). The number of halogens is 1. The van der Waals surface area contributed by atoms with E-state index in [1.54, 1.807) is 32.4 Å². The first-order chi connectivity index (χ1) is 6.72. The van der Waals surface area contributed by atoms with Gasteiger partial charge in [-0.2, -0.15) is 0 Å². The van der Waals surface area contributed by atoms with Gasteiger partial charge in [-0.1, -0.05) is 15.9 Å². The van der Waals surface area contributed by atoms with Gasteiger partial charge in [0.15, 0.2) is 0 Å². The number of aliphatic hydroxyl groups is 1. The van der Waals surface area contributed by atoms with Crippen LogP contribution in [0.5, 0.6) is 11.5 Å². The molecule has 0 aromatic heterocycles. The molecule has 1 N–H and O–H groups in total. The van der Waals surface area contributed by atoms with E-state index in [1.807, 2.05) is 0 Å². The molecule has 4 heteroatoms. The Morgan fingerprint density at radius 2 is 2.07 bits per heavy atom. The van der Waals surface area contributed by atoms with E-state index in [-0.39, 0.29) is 0 Å². The molecule has 0 bridgehead atoms. The zero-order valence-corrected chi connectivity index (χ0v) is 9.74. The highest BCUT2D eigenvalue weighted by atomic mass is 79.9. The lowest BCUT2D eigenvalue weighted by molar-refractivity contribution is 0.200. The van der Waals surface area contributed by atoms with Crippen LogP contribution in [0.2, 0.25) is 0 Å². The molecular formula is C10H13BrO3. The number of rotatable bonds is 4. The van der Waals surface area contributed by atoms with Crippen molar-refractivity contribution in [1.82, 2.24) is 0 Å². The predicted octanol–water partition coefficient (Wildman–Crippen LogP) is 2.13. The van der Waals surface area contributed by atoms with Crippen molar-refractivity contribution in [3.8, 4) is 11.5 Å². The monoisotopic (exact) mass is 260 g/mol. The minimum Gasteiger partial charge on any atom is -0.497 e. The molecule has 0 heterocycles. The number of benzene rings is 1. The van der Waals surface area contributed by atoms with Gasteiger partial charge in [-0.15, -0.1) is 0 Å². The van der Waals surface area contributed by atoms with Gasteiger partial charge in [0.25, 0.3) is 0 Å². The van der Waals surface area contributed by atoms with Gasteiger partial charge in [-0.3, -0.25) is 0 Å². The maximum absolute atomic E-state index is 9.64. The van der Waals surface area contributed by atoms with E-state index < -0.39 is 6.10 Å². The summed E-state index contributed by atoms with van der Waals surface area (Å²) in [4.78, 5) is 0. The summed E-state index contributed by atoms with van der Waals surface area (Å²) in [5.74, 6) is 1.35. The Balaban J connectivity index is 3.04. The summed E-state index contributed by atoms with van der Waals surface area (Å²) >= 11 is 3.21. The molecule has 0 aliphatic carbocycles. The summed E-state index contributed by atoms with van der Waals surface area (Å²) in [7, 11) is 3.16. The Labute approximate surface area is 91.8 Å². The van der Waals surface area contributed by atoms with Crippen LogP contribution >= 0.6 is 15.9 Å². The molecule has 3 nitrogen and oxygen atoms in total. The third-order valence-electron chi connectivity index (χ3n) is 1.95. The quantitative estimate of drug-likeness (QED) is 0.844. The predicted molar refractivity (Wildman–Crippen MR) is 58.3 cm³/mol. The number of hydrogen-bond acceptors (Lipinski definition) is 3. The number of ether oxygens (including phenoxy) is 2. The summed E-state index contributed by atoms with van der Waals surface area (Å²) in [5.41, 5.74) is 0.755. The Morgan fingerprint density at radius 1 is 1.36 bits per heavy atom. The topological polar surface area (TPSA) is 38.7 Å². The van der Waals surface area contributed by atoms with Crippen molar-refractivity contribution >= 4 is 15.9 Å². The van der Waals surface area contributed by atoms with Crippen molar-refractivity contribution < 1.29 is 14.6 Å². The van der Waals surface area contributed by atoms with Crippen LogP contribution in [-0.2, 0) is 0 Å². The second-order valence-electron chi connectivity index (χ2n) is 2.78. The Hall–Kier alpha value is -0.740. The molecular weight excluding hydrogens is 248 g/mol. The third-order valence-corrected chi connectivity index (χ3v) is 2.56. The van der Waals surface area contributed by atoms with Crippen LogP contribution < -0.4 is 9.47 Å². The first-order valence-corrected chi connectivity index (χ1v) is 5.31. The maximum atomic E-state index is 9.64. The third kappa shape index (κ3) is 2.39. The molecule has 1 atom stereocenters. The molecule has 0 amide bonds. The van der Waals surface area contributed by atoms with E-state index in [0.717, 1.165) is 5.56 Å². The van der Waals surface area contributed by atoms with E-state index in [2.05, 4.69) is 15.9 Å². The number of alkyl halides is 1. The SMILES string of the molecule is COc1ccc(C(O)CBr)c(OC)c1. The van der Waals surface area contributed by atoms with Crippen molar-refractivity contribution in [2.75, 3.05) is 19.5 Å². The zero-order chi connectivity index (χ0) is 10.6. The molecule has 0 saturated carbocycles. The van der Waals surface area contributed by atoms with Crippen LogP contribution in [0.25, 0.3) is 0 Å². The molecule has 0 radical (unpaired) electrons. The molecule has 14 heavy (non-hydrogen) atoms. The van der Waals surface area contributed by atoms with Gasteiger partial charge >= 0.3 is 0 Å². The maximum Gasteiger partial charge on any atom is 0.128 e. The lowest BCUT2D eigenvalue weighted by Crippen LogP contribution is -2.01. The standard InChI is InChI=1S/C10H13BrO3/c1-13-7-3-4-8(9(12)6-11)10(5-7)14-2/h3-5,9,12H,6H2,1-2H3. The summed E-state index contributed by atoms with van der Waals surface area (Å²) in [6, 6.07) is 5.34. The van der Waals surface area contributed by atoms with E-state index in [9.17, 15) is 5.11 Å². The van der Waals surface area contributed by atoms with Crippen LogP contribution in [0.15, 0.2) is 18.2 Å². The van der Waals surface area contributed by atoms with Gasteiger partial charge in [-0.25, -0.2) is 0 Å². The molecule has 0 aliphatic rings. The van der Waals surface area contributed by atoms with Crippen LogP contribution in [0.3, 0.4) is 0 Å². The highest BCUT2D eigenvalue weighted by Crippen LogP contribution is 2.29. The summed E-state index contributed by atoms with van der Waals surface area (Å²) < 4.78 is 10.2. The van der Waals surface area contributed by atoms with Crippen LogP contribution in [0.4, 0.5) is 0 Å². The highest BCUT2D eigenvalue weighted by molar-refractivity contribution is 9.09. The number of methoxy groups -OCH3 is 2. The van der Waals surface area contributed by atoms with E-state index >= 15 is 0 Å². The number of aliphatic hydroxyl groups excluding tert-OH is 1. The van der Waals surface area contributed by atoms with Crippen LogP contribution in [-0.4, -0.2) is 24.7 Å². The fourth-order valence-corrected chi connectivity index (χ4v) is 1.53. The summed E-state index contributed by atoms with van der Waals surface area (Å²) in [6.45, 7) is 0. The Kier molecular flexibility index (Phi) is 4.22. The van der Waals surface area contributed by atoms with Crippen molar-refractivity contribution in [3.05, 3.63) is 23.8 Å². The molecule has 0 fully saturated rings. The van der Waals surface area contributed by atoms with Gasteiger partial charge in [0.2, 0.25) is 0 Å². The average molecular weight is 261 g/mol. The smallest absolute Gasteiger partial charge is 0.128 e. The van der Waals surface area contributed by atoms with E-state index in [1.165, 1.54) is 0 Å². The van der Waals surface area contributed by atoms with Crippen molar-refractivity contribution in [2.45, 2.75) is 6.10 Å². The number of hydrogen-bond donors (Lipinski definition) is 1. The zero-order valence-electron chi connectivity index (χ0n) is 8.16. The second-order valence-corrected chi connectivity index (χ2v) is 3.43. The minimum atomic E-state index is -0.559. The molecule has 0 saturated heterocycles. The lowest BCUT2D eigenvalue weighted by atomic mass is 10.1. The average Bonchev–Trinajstić information content (AvgIpc) is 2.27. The summed E-state index contributed by atoms with van der Waals surface area (Å²) in [5, 5.41) is 10.1. The highest BCUT2D eigenvalue weighted by Gasteiger charge is 2.12.